The van der Waals surface area contributed by atoms with E-state index in [0.29, 0.717) is 23.7 Å². The second-order valence-electron chi connectivity index (χ2n) is 6.53. The molecule has 29 heavy (non-hydrogen) atoms. The number of unbranched alkanes of at least 4 members (excludes halogenated alkanes) is 2. The van der Waals surface area contributed by atoms with Gasteiger partial charge >= 0.3 is 5.97 Å². The number of methoxy groups -OCH3 is 2. The van der Waals surface area contributed by atoms with Crippen LogP contribution in [0.1, 0.15) is 37.3 Å². The summed E-state index contributed by atoms with van der Waals surface area (Å²) < 4.78 is 21.7. The van der Waals surface area contributed by atoms with Gasteiger partial charge in [0, 0.05) is 5.56 Å². The third-order valence-corrected chi connectivity index (χ3v) is 4.45. The first-order valence-electron chi connectivity index (χ1n) is 9.62. The first-order chi connectivity index (χ1) is 14.1. The van der Waals surface area contributed by atoms with Crippen molar-refractivity contribution in [2.24, 2.45) is 4.99 Å². The lowest BCUT2D eigenvalue weighted by Crippen LogP contribution is -2.05. The molecule has 0 N–H and O–H groups in total. The van der Waals surface area contributed by atoms with Crippen LogP contribution in [0, 0.1) is 0 Å². The average molecular weight is 395 g/mol. The largest absolute Gasteiger partial charge is 0.497 e. The molecule has 6 nitrogen and oxygen atoms in total. The molecule has 0 aliphatic carbocycles. The molecule has 0 radical (unpaired) electrons. The van der Waals surface area contributed by atoms with Crippen molar-refractivity contribution in [3.05, 3.63) is 59.3 Å². The highest BCUT2D eigenvalue weighted by Gasteiger charge is 2.24. The molecule has 1 aliphatic heterocycles. The summed E-state index contributed by atoms with van der Waals surface area (Å²) in [5.41, 5.74) is 1.71. The van der Waals surface area contributed by atoms with Gasteiger partial charge in [0.25, 0.3) is 0 Å². The molecule has 0 atom stereocenters. The number of ether oxygens (including phenoxy) is 4. The number of esters is 1. The van der Waals surface area contributed by atoms with Crippen molar-refractivity contribution in [3.8, 4) is 17.2 Å². The lowest BCUT2D eigenvalue weighted by Gasteiger charge is -2.11. The normalized spacial score (nSPS) is 14.5. The molecule has 2 aromatic carbocycles. The number of nitrogens with zero attached hydrogens (tertiary/aromatic N) is 1. The minimum atomic E-state index is -0.491. The van der Waals surface area contributed by atoms with Gasteiger partial charge in [0.1, 0.15) is 5.75 Å². The Morgan fingerprint density at radius 2 is 1.79 bits per heavy atom. The van der Waals surface area contributed by atoms with Crippen molar-refractivity contribution < 1.29 is 23.7 Å². The van der Waals surface area contributed by atoms with E-state index in [2.05, 4.69) is 11.9 Å². The molecular weight excluding hydrogens is 370 g/mol. The number of benzene rings is 2. The first kappa shape index (κ1) is 20.5. The zero-order valence-electron chi connectivity index (χ0n) is 16.9. The van der Waals surface area contributed by atoms with Crippen LogP contribution < -0.4 is 14.2 Å². The molecule has 1 heterocycles. The van der Waals surface area contributed by atoms with Crippen molar-refractivity contribution in [2.45, 2.75) is 26.2 Å². The Labute approximate surface area is 170 Å². The minimum absolute atomic E-state index is 0.231. The Morgan fingerprint density at radius 1 is 1.00 bits per heavy atom. The van der Waals surface area contributed by atoms with Gasteiger partial charge in [-0.1, -0.05) is 25.8 Å². The maximum atomic E-state index is 12.2. The van der Waals surface area contributed by atoms with Crippen LogP contribution in [0.3, 0.4) is 0 Å². The molecule has 0 fully saturated rings. The quantitative estimate of drug-likeness (QED) is 0.352. The predicted molar refractivity (Wildman–Crippen MR) is 112 cm³/mol. The van der Waals surface area contributed by atoms with Gasteiger partial charge in [-0.3, -0.25) is 0 Å². The summed E-state index contributed by atoms with van der Waals surface area (Å²) in [5.74, 6) is 1.80. The fourth-order valence-corrected chi connectivity index (χ4v) is 2.85. The topological polar surface area (TPSA) is 66.3 Å². The van der Waals surface area contributed by atoms with E-state index in [1.165, 1.54) is 0 Å². The average Bonchev–Trinajstić information content (AvgIpc) is 3.12. The first-order valence-corrected chi connectivity index (χ1v) is 9.62. The zero-order valence-corrected chi connectivity index (χ0v) is 16.9. The number of cyclic esters (lactones) is 1. The van der Waals surface area contributed by atoms with Crippen LogP contribution in [0.15, 0.2) is 53.2 Å². The number of carbonyl (C=O) groups excluding carboxylic acids is 1. The van der Waals surface area contributed by atoms with E-state index in [0.717, 1.165) is 30.6 Å². The molecule has 6 heteroatoms. The van der Waals surface area contributed by atoms with Crippen LogP contribution in [0.5, 0.6) is 17.2 Å². The highest BCUT2D eigenvalue weighted by Crippen LogP contribution is 2.30. The van der Waals surface area contributed by atoms with Crippen molar-refractivity contribution in [1.29, 1.82) is 0 Å². The minimum Gasteiger partial charge on any atom is -0.497 e. The molecule has 0 unspecified atom stereocenters. The van der Waals surface area contributed by atoms with Crippen LogP contribution in [0.2, 0.25) is 0 Å². The second-order valence-corrected chi connectivity index (χ2v) is 6.53. The smallest absolute Gasteiger partial charge is 0.363 e. The number of rotatable bonds is 9. The zero-order chi connectivity index (χ0) is 20.6. The molecule has 2 aromatic rings. The van der Waals surface area contributed by atoms with Gasteiger partial charge in [0.15, 0.2) is 17.2 Å². The second kappa shape index (κ2) is 9.78. The van der Waals surface area contributed by atoms with Crippen molar-refractivity contribution in [1.82, 2.24) is 0 Å². The number of hydrogen-bond donors (Lipinski definition) is 0. The molecule has 0 saturated heterocycles. The Hall–Kier alpha value is -3.28. The van der Waals surface area contributed by atoms with Crippen LogP contribution in [0.4, 0.5) is 0 Å². The lowest BCUT2D eigenvalue weighted by atomic mass is 10.1. The third kappa shape index (κ3) is 5.16. The summed E-state index contributed by atoms with van der Waals surface area (Å²) in [4.78, 5) is 16.6. The van der Waals surface area contributed by atoms with E-state index in [1.54, 1.807) is 44.6 Å². The van der Waals surface area contributed by atoms with Gasteiger partial charge in [-0.15, -0.1) is 0 Å². The van der Waals surface area contributed by atoms with Gasteiger partial charge in [-0.25, -0.2) is 9.79 Å². The highest BCUT2D eigenvalue weighted by atomic mass is 16.6. The molecule has 0 amide bonds. The summed E-state index contributed by atoms with van der Waals surface area (Å²) in [6.45, 7) is 2.80. The van der Waals surface area contributed by atoms with Crippen molar-refractivity contribution >= 4 is 17.9 Å². The van der Waals surface area contributed by atoms with Crippen molar-refractivity contribution in [3.63, 3.8) is 0 Å². The summed E-state index contributed by atoms with van der Waals surface area (Å²) in [5, 5.41) is 0. The van der Waals surface area contributed by atoms with Crippen LogP contribution in [-0.2, 0) is 9.53 Å². The van der Waals surface area contributed by atoms with Crippen LogP contribution in [0.25, 0.3) is 6.08 Å². The summed E-state index contributed by atoms with van der Waals surface area (Å²) in [6, 6.07) is 12.7. The van der Waals surface area contributed by atoms with E-state index in [-0.39, 0.29) is 11.6 Å². The molecule has 1 aliphatic rings. The Bertz CT molecular complexity index is 915. The Morgan fingerprint density at radius 3 is 2.48 bits per heavy atom. The summed E-state index contributed by atoms with van der Waals surface area (Å²) >= 11 is 0. The van der Waals surface area contributed by atoms with Gasteiger partial charge in [-0.05, 0) is 54.5 Å². The van der Waals surface area contributed by atoms with Crippen LogP contribution in [-0.4, -0.2) is 32.7 Å². The van der Waals surface area contributed by atoms with Crippen molar-refractivity contribution in [2.75, 3.05) is 20.8 Å². The van der Waals surface area contributed by atoms with E-state index in [9.17, 15) is 4.79 Å². The van der Waals surface area contributed by atoms with E-state index in [4.69, 9.17) is 18.9 Å². The van der Waals surface area contributed by atoms with Gasteiger partial charge in [0.2, 0.25) is 5.90 Å². The Kier molecular flexibility index (Phi) is 6.89. The summed E-state index contributed by atoms with van der Waals surface area (Å²) in [7, 11) is 3.19. The predicted octanol–water partition coefficient (Wildman–Crippen LogP) is 4.62. The maximum absolute atomic E-state index is 12.2. The van der Waals surface area contributed by atoms with Gasteiger partial charge in [0.05, 0.1) is 20.8 Å². The maximum Gasteiger partial charge on any atom is 0.363 e. The van der Waals surface area contributed by atoms with Gasteiger partial charge < -0.3 is 18.9 Å². The number of carbonyl (C=O) groups is 1. The molecular formula is C23H25NO5. The molecule has 152 valence electrons. The molecule has 0 bridgehead atoms. The monoisotopic (exact) mass is 395 g/mol. The van der Waals surface area contributed by atoms with E-state index in [1.807, 2.05) is 18.2 Å². The van der Waals surface area contributed by atoms with Gasteiger partial charge in [-0.2, -0.15) is 0 Å². The van der Waals surface area contributed by atoms with Crippen LogP contribution >= 0.6 is 0 Å². The lowest BCUT2D eigenvalue weighted by molar-refractivity contribution is -0.129. The fourth-order valence-electron chi connectivity index (χ4n) is 2.85. The standard InChI is InChI=1S/C23H25NO5/c1-4-5-6-13-28-20-12-7-16(15-21(20)27-3)14-19-23(25)29-22(24-19)17-8-10-18(26-2)11-9-17/h7-12,14-15H,4-6,13H2,1-3H3/b19-14+. The van der Waals surface area contributed by atoms with E-state index < -0.39 is 5.97 Å². The van der Waals surface area contributed by atoms with E-state index >= 15 is 0 Å². The molecule has 0 saturated carbocycles. The third-order valence-electron chi connectivity index (χ3n) is 4.45. The number of hydrogen-bond acceptors (Lipinski definition) is 6. The highest BCUT2D eigenvalue weighted by molar-refractivity contribution is 6.12. The summed E-state index contributed by atoms with van der Waals surface area (Å²) in [6.07, 6.45) is 4.94. The molecule has 0 aromatic heterocycles. The molecule has 0 spiro atoms. The fraction of sp³-hybridized carbons (Fsp3) is 0.304. The number of aliphatic imine (C=N–C) groups is 1. The molecule has 3 rings (SSSR count). The SMILES string of the molecule is CCCCCOc1ccc(/C=C2/N=C(c3ccc(OC)cc3)OC2=O)cc1OC. The Balaban J connectivity index is 1.77.